The molecule has 1 saturated heterocycles. The monoisotopic (exact) mass is 519 g/mol. The quantitative estimate of drug-likeness (QED) is 0.406. The highest BCUT2D eigenvalue weighted by atomic mass is 16.6. The summed E-state index contributed by atoms with van der Waals surface area (Å²) in [5.74, 6) is -0.0437. The van der Waals surface area contributed by atoms with Crippen LogP contribution in [0, 0.1) is 6.92 Å². The summed E-state index contributed by atoms with van der Waals surface area (Å²) in [5, 5.41) is 15.5. The number of likely N-dealkylation sites (N-methyl/N-ethyl adjacent to an activating group) is 1. The molecule has 7 heteroatoms. The molecule has 1 fully saturated rings. The number of carbonyl (C=O) groups excluding carboxylic acids is 2. The Labute approximate surface area is 226 Å². The van der Waals surface area contributed by atoms with Gasteiger partial charge in [0.05, 0.1) is 12.1 Å². The van der Waals surface area contributed by atoms with E-state index in [4.69, 9.17) is 4.74 Å². The van der Waals surface area contributed by atoms with E-state index in [0.29, 0.717) is 24.2 Å². The molecule has 2 amide bonds. The first-order valence-corrected chi connectivity index (χ1v) is 13.3. The van der Waals surface area contributed by atoms with Gasteiger partial charge in [0.2, 0.25) is 0 Å². The minimum absolute atomic E-state index is 0.141. The second-order valence-electron chi connectivity index (χ2n) is 10.6. The number of nitrogens with one attached hydrogen (secondary N) is 1. The lowest BCUT2D eigenvalue weighted by atomic mass is 9.97. The molecule has 38 heavy (non-hydrogen) atoms. The molecule has 1 heterocycles. The number of amides is 2. The van der Waals surface area contributed by atoms with E-state index in [1.807, 2.05) is 104 Å². The molecule has 4 rings (SSSR count). The SMILES string of the molecule is CC.Cc1ccc(N(C)C2CN(C(=O)OC(C)(C)C)C2)cc1C(=O)NC(C)c1c(O)ccc2ccccc12. The zero-order valence-electron chi connectivity index (χ0n) is 23.8. The second kappa shape index (κ2) is 11.8. The maximum Gasteiger partial charge on any atom is 0.410 e. The van der Waals surface area contributed by atoms with Crippen LogP contribution in [0.4, 0.5) is 10.5 Å². The lowest BCUT2D eigenvalue weighted by Gasteiger charge is -2.45. The molecule has 0 radical (unpaired) electrons. The van der Waals surface area contributed by atoms with E-state index in [2.05, 4.69) is 10.2 Å². The molecule has 7 nitrogen and oxygen atoms in total. The van der Waals surface area contributed by atoms with E-state index < -0.39 is 11.6 Å². The summed E-state index contributed by atoms with van der Waals surface area (Å²) >= 11 is 0. The van der Waals surface area contributed by atoms with E-state index in [1.165, 1.54) is 0 Å². The topological polar surface area (TPSA) is 82.1 Å². The van der Waals surface area contributed by atoms with Gasteiger partial charge >= 0.3 is 6.09 Å². The molecule has 0 saturated carbocycles. The average molecular weight is 520 g/mol. The maximum absolute atomic E-state index is 13.3. The van der Waals surface area contributed by atoms with Gasteiger partial charge in [-0.15, -0.1) is 0 Å². The molecule has 1 unspecified atom stereocenters. The smallest absolute Gasteiger partial charge is 0.410 e. The van der Waals surface area contributed by atoms with Crippen LogP contribution in [0.15, 0.2) is 54.6 Å². The Bertz CT molecular complexity index is 1290. The lowest BCUT2D eigenvalue weighted by Crippen LogP contribution is -2.61. The van der Waals surface area contributed by atoms with Gasteiger partial charge in [0.1, 0.15) is 11.4 Å². The second-order valence-corrected chi connectivity index (χ2v) is 10.6. The van der Waals surface area contributed by atoms with Crippen LogP contribution in [0.2, 0.25) is 0 Å². The maximum atomic E-state index is 13.3. The van der Waals surface area contributed by atoms with Gasteiger partial charge in [0.15, 0.2) is 0 Å². The van der Waals surface area contributed by atoms with Gasteiger partial charge in [0, 0.05) is 37.0 Å². The van der Waals surface area contributed by atoms with E-state index >= 15 is 0 Å². The summed E-state index contributed by atoms with van der Waals surface area (Å²) in [6.45, 7) is 14.5. The van der Waals surface area contributed by atoms with Crippen LogP contribution < -0.4 is 10.2 Å². The predicted molar refractivity (Wildman–Crippen MR) is 154 cm³/mol. The molecule has 0 spiro atoms. The average Bonchev–Trinajstić information content (AvgIpc) is 2.83. The summed E-state index contributed by atoms with van der Waals surface area (Å²) < 4.78 is 5.45. The molecule has 2 N–H and O–H groups in total. The standard InChI is InChI=1S/C29H35N3O4.C2H6/c1-18-11-13-21(31(6)22-16-32(17-22)28(35)36-29(3,4)5)15-24(18)27(34)30-19(2)26-23-10-8-7-9-20(23)12-14-25(26)33;1-2/h7-15,19,22,33H,16-17H2,1-6H3,(H,30,34);1-2H3. The van der Waals surface area contributed by atoms with Crippen molar-refractivity contribution >= 4 is 28.5 Å². The predicted octanol–water partition coefficient (Wildman–Crippen LogP) is 6.43. The number of aryl methyl sites for hydroxylation is 1. The fraction of sp³-hybridized carbons (Fsp3) is 0.419. The largest absolute Gasteiger partial charge is 0.508 e. The van der Waals surface area contributed by atoms with Crippen LogP contribution in [0.3, 0.4) is 0 Å². The normalized spacial score (nSPS) is 14.2. The summed E-state index contributed by atoms with van der Waals surface area (Å²) in [6, 6.07) is 16.9. The Hall–Kier alpha value is -3.74. The molecule has 1 aliphatic heterocycles. The number of hydrogen-bond donors (Lipinski definition) is 2. The van der Waals surface area contributed by atoms with Crippen molar-refractivity contribution < 1.29 is 19.4 Å². The van der Waals surface area contributed by atoms with E-state index in [9.17, 15) is 14.7 Å². The first-order valence-electron chi connectivity index (χ1n) is 13.3. The zero-order valence-corrected chi connectivity index (χ0v) is 23.8. The number of fused-ring (bicyclic) bond motifs is 1. The van der Waals surface area contributed by atoms with Crippen LogP contribution >= 0.6 is 0 Å². The highest BCUT2D eigenvalue weighted by Gasteiger charge is 2.36. The molecule has 0 aliphatic carbocycles. The van der Waals surface area contributed by atoms with Crippen LogP contribution in [0.25, 0.3) is 10.8 Å². The molecular weight excluding hydrogens is 478 g/mol. The van der Waals surface area contributed by atoms with Crippen molar-refractivity contribution in [1.82, 2.24) is 10.2 Å². The van der Waals surface area contributed by atoms with Crippen molar-refractivity contribution in [2.75, 3.05) is 25.0 Å². The number of phenols is 1. The van der Waals surface area contributed by atoms with Gasteiger partial charge in [0.25, 0.3) is 5.91 Å². The Morgan fingerprint density at radius 1 is 1.08 bits per heavy atom. The third-order valence-corrected chi connectivity index (χ3v) is 6.66. The van der Waals surface area contributed by atoms with Gasteiger partial charge in [-0.25, -0.2) is 4.79 Å². The number of rotatable bonds is 5. The van der Waals surface area contributed by atoms with Gasteiger partial charge < -0.3 is 25.0 Å². The van der Waals surface area contributed by atoms with Crippen LogP contribution in [-0.4, -0.2) is 53.8 Å². The van der Waals surface area contributed by atoms with Crippen molar-refractivity contribution in [1.29, 1.82) is 0 Å². The molecule has 1 atom stereocenters. The lowest BCUT2D eigenvalue weighted by molar-refractivity contribution is 0.00851. The van der Waals surface area contributed by atoms with E-state index in [-0.39, 0.29) is 23.8 Å². The molecule has 3 aromatic carbocycles. The van der Waals surface area contributed by atoms with Crippen LogP contribution in [0.1, 0.15) is 69.1 Å². The highest BCUT2D eigenvalue weighted by Crippen LogP contribution is 2.33. The van der Waals surface area contributed by atoms with Crippen molar-refractivity contribution in [3.63, 3.8) is 0 Å². The van der Waals surface area contributed by atoms with Crippen molar-refractivity contribution in [3.05, 3.63) is 71.3 Å². The van der Waals surface area contributed by atoms with Gasteiger partial charge in [-0.05, 0) is 69.2 Å². The molecule has 204 valence electrons. The number of ether oxygens (including phenoxy) is 1. The first-order chi connectivity index (χ1) is 17.9. The van der Waals surface area contributed by atoms with Gasteiger partial charge in [-0.2, -0.15) is 0 Å². The van der Waals surface area contributed by atoms with E-state index in [1.54, 1.807) is 11.0 Å². The fourth-order valence-electron chi connectivity index (χ4n) is 4.55. The Balaban J connectivity index is 0.00000195. The minimum Gasteiger partial charge on any atom is -0.508 e. The Morgan fingerprint density at radius 3 is 2.39 bits per heavy atom. The molecule has 1 aliphatic rings. The number of aromatic hydroxyl groups is 1. The number of likely N-dealkylation sites (tertiary alicyclic amines) is 1. The summed E-state index contributed by atoms with van der Waals surface area (Å²) in [7, 11) is 1.97. The van der Waals surface area contributed by atoms with Crippen molar-refractivity contribution in [2.45, 2.75) is 66.2 Å². The van der Waals surface area contributed by atoms with Gasteiger partial charge in [-0.3, -0.25) is 4.79 Å². The molecule has 3 aromatic rings. The van der Waals surface area contributed by atoms with Crippen molar-refractivity contribution in [2.24, 2.45) is 0 Å². The van der Waals surface area contributed by atoms with Gasteiger partial charge in [-0.1, -0.05) is 50.2 Å². The summed E-state index contributed by atoms with van der Waals surface area (Å²) in [6.07, 6.45) is -0.304. The minimum atomic E-state index is -0.521. The number of benzene rings is 3. The number of phenolic OH excluding ortho intramolecular Hbond substituents is 1. The Kier molecular flexibility index (Phi) is 8.92. The van der Waals surface area contributed by atoms with E-state index in [0.717, 1.165) is 22.0 Å². The van der Waals surface area contributed by atoms with Crippen molar-refractivity contribution in [3.8, 4) is 5.75 Å². The first kappa shape index (κ1) is 28.8. The number of hydrogen-bond acceptors (Lipinski definition) is 5. The molecular formula is C31H41N3O4. The van der Waals surface area contributed by atoms with Crippen LogP contribution in [0.5, 0.6) is 5.75 Å². The number of nitrogens with zero attached hydrogens (tertiary/aromatic N) is 2. The fourth-order valence-corrected chi connectivity index (χ4v) is 4.55. The zero-order chi connectivity index (χ0) is 28.2. The molecule has 0 bridgehead atoms. The third-order valence-electron chi connectivity index (χ3n) is 6.66. The highest BCUT2D eigenvalue weighted by molar-refractivity contribution is 5.97. The number of carbonyl (C=O) groups is 2. The Morgan fingerprint density at radius 2 is 1.74 bits per heavy atom. The molecule has 0 aromatic heterocycles. The summed E-state index contributed by atoms with van der Waals surface area (Å²) in [4.78, 5) is 29.4. The number of anilines is 1. The summed E-state index contributed by atoms with van der Waals surface area (Å²) in [5.41, 5.74) is 2.52. The third kappa shape index (κ3) is 6.39. The van der Waals surface area contributed by atoms with Crippen LogP contribution in [-0.2, 0) is 4.74 Å².